The molecule has 0 bridgehead atoms. The van der Waals surface area contributed by atoms with E-state index in [4.69, 9.17) is 4.74 Å². The molecule has 0 aliphatic carbocycles. The Morgan fingerprint density at radius 3 is 2.53 bits per heavy atom. The fourth-order valence-electron chi connectivity index (χ4n) is 3.72. The molecule has 1 amide bonds. The second-order valence-corrected chi connectivity index (χ2v) is 9.76. The second kappa shape index (κ2) is 9.35. The summed E-state index contributed by atoms with van der Waals surface area (Å²) in [5, 5.41) is 3.68. The number of nitrogens with one attached hydrogen (secondary N) is 3. The van der Waals surface area contributed by atoms with Crippen LogP contribution in [0.5, 0.6) is 0 Å². The molecule has 1 fully saturated rings. The summed E-state index contributed by atoms with van der Waals surface area (Å²) in [7, 11) is -4.45. The van der Waals surface area contributed by atoms with Crippen molar-refractivity contribution in [1.29, 1.82) is 0 Å². The molecular weight excluding hydrogens is 473 g/mol. The Balaban J connectivity index is 1.66. The van der Waals surface area contributed by atoms with Gasteiger partial charge >= 0.3 is 6.18 Å². The molecule has 0 radical (unpaired) electrons. The van der Waals surface area contributed by atoms with Gasteiger partial charge in [0.05, 0.1) is 17.0 Å². The highest BCUT2D eigenvalue weighted by atomic mass is 32.2. The molecule has 1 aliphatic heterocycles. The van der Waals surface area contributed by atoms with Gasteiger partial charge in [0.15, 0.2) is 0 Å². The van der Waals surface area contributed by atoms with Gasteiger partial charge in [0, 0.05) is 36.4 Å². The monoisotopic (exact) mass is 496 g/mol. The Bertz CT molecular complexity index is 1280. The van der Waals surface area contributed by atoms with Gasteiger partial charge in [-0.3, -0.25) is 9.78 Å². The molecule has 1 aromatic carbocycles. The van der Waals surface area contributed by atoms with Crippen LogP contribution in [0.3, 0.4) is 0 Å². The van der Waals surface area contributed by atoms with E-state index in [1.165, 1.54) is 6.07 Å². The lowest BCUT2D eigenvalue weighted by Crippen LogP contribution is -2.42. The van der Waals surface area contributed by atoms with Gasteiger partial charge in [0.1, 0.15) is 10.9 Å². The number of amides is 1. The number of hydrogen-bond donors (Lipinski definition) is 3. The SMILES string of the molecule is C[C@H](NS(=O)(=O)c1ccc(-c2[nH]c3ccccc3c2C(=O)NC2CCOCC2)nc1)C(F)(F)F. The van der Waals surface area contributed by atoms with Crippen LogP contribution in [0, 0.1) is 0 Å². The summed E-state index contributed by atoms with van der Waals surface area (Å²) >= 11 is 0. The number of sulfonamides is 1. The number of para-hydroxylation sites is 1. The predicted octanol–water partition coefficient (Wildman–Crippen LogP) is 3.37. The van der Waals surface area contributed by atoms with Gasteiger partial charge in [0.25, 0.3) is 5.91 Å². The number of nitrogens with zero attached hydrogens (tertiary/aromatic N) is 1. The molecule has 8 nitrogen and oxygen atoms in total. The summed E-state index contributed by atoms with van der Waals surface area (Å²) in [6.45, 7) is 1.83. The van der Waals surface area contributed by atoms with Crippen LogP contribution >= 0.6 is 0 Å². The number of ether oxygens (including phenoxy) is 1. The number of aromatic nitrogens is 2. The maximum Gasteiger partial charge on any atom is 0.404 e. The van der Waals surface area contributed by atoms with Crippen molar-refractivity contribution in [2.75, 3.05) is 13.2 Å². The van der Waals surface area contributed by atoms with E-state index >= 15 is 0 Å². The average Bonchev–Trinajstić information content (AvgIpc) is 3.19. The van der Waals surface area contributed by atoms with Gasteiger partial charge in [-0.2, -0.15) is 17.9 Å². The average molecular weight is 497 g/mol. The molecule has 4 rings (SSSR count). The summed E-state index contributed by atoms with van der Waals surface area (Å²) in [5.74, 6) is -0.307. The second-order valence-electron chi connectivity index (χ2n) is 8.04. The Morgan fingerprint density at radius 2 is 1.88 bits per heavy atom. The van der Waals surface area contributed by atoms with E-state index in [1.54, 1.807) is 29.0 Å². The highest BCUT2D eigenvalue weighted by Crippen LogP contribution is 2.30. The van der Waals surface area contributed by atoms with Gasteiger partial charge in [-0.1, -0.05) is 18.2 Å². The zero-order chi connectivity index (χ0) is 24.5. The normalized spacial score (nSPS) is 16.5. The lowest BCUT2D eigenvalue weighted by molar-refractivity contribution is -0.147. The van der Waals surface area contributed by atoms with Gasteiger partial charge < -0.3 is 15.0 Å². The first kappa shape index (κ1) is 24.2. The van der Waals surface area contributed by atoms with E-state index in [2.05, 4.69) is 15.3 Å². The van der Waals surface area contributed by atoms with Gasteiger partial charge in [-0.15, -0.1) is 0 Å². The molecule has 1 saturated heterocycles. The largest absolute Gasteiger partial charge is 0.404 e. The standard InChI is InChI=1S/C22H23F3N4O4S/c1-13(22(23,24)25)29-34(31,32)15-6-7-18(26-12-15)20-19(16-4-2-3-5-17(16)28-20)21(30)27-14-8-10-33-11-9-14/h2-7,12-14,28-29H,8-11H2,1H3,(H,27,30)/t13-/m0/s1. The molecule has 182 valence electrons. The van der Waals surface area contributed by atoms with Crippen LogP contribution < -0.4 is 10.0 Å². The summed E-state index contributed by atoms with van der Waals surface area (Å²) in [4.78, 5) is 20.1. The molecule has 1 aliphatic rings. The highest BCUT2D eigenvalue weighted by molar-refractivity contribution is 7.89. The minimum absolute atomic E-state index is 0.0371. The number of benzene rings is 1. The fourth-order valence-corrected chi connectivity index (χ4v) is 4.90. The third-order valence-electron chi connectivity index (χ3n) is 5.62. The summed E-state index contributed by atoms with van der Waals surface area (Å²) in [6, 6.07) is 7.39. The topological polar surface area (TPSA) is 113 Å². The first-order valence-corrected chi connectivity index (χ1v) is 12.1. The molecular formula is C22H23F3N4O4S. The van der Waals surface area contributed by atoms with Crippen molar-refractivity contribution in [1.82, 2.24) is 20.0 Å². The van der Waals surface area contributed by atoms with Crippen LogP contribution in [0.25, 0.3) is 22.3 Å². The maximum atomic E-state index is 13.2. The number of carbonyl (C=O) groups excluding carboxylic acids is 1. The van der Waals surface area contributed by atoms with E-state index in [0.717, 1.165) is 12.3 Å². The number of carbonyl (C=O) groups is 1. The molecule has 3 aromatic rings. The first-order chi connectivity index (χ1) is 16.1. The van der Waals surface area contributed by atoms with E-state index in [9.17, 15) is 26.4 Å². The molecule has 3 heterocycles. The quantitative estimate of drug-likeness (QED) is 0.484. The van der Waals surface area contributed by atoms with Crippen LogP contribution in [0.15, 0.2) is 47.5 Å². The third kappa shape index (κ3) is 5.08. The van der Waals surface area contributed by atoms with Gasteiger partial charge in [-0.25, -0.2) is 8.42 Å². The number of fused-ring (bicyclic) bond motifs is 1. The fraction of sp³-hybridized carbons (Fsp3) is 0.364. The lowest BCUT2D eigenvalue weighted by atomic mass is 10.1. The molecule has 3 N–H and O–H groups in total. The minimum Gasteiger partial charge on any atom is -0.381 e. The van der Waals surface area contributed by atoms with Crippen LogP contribution in [0.1, 0.15) is 30.1 Å². The van der Waals surface area contributed by atoms with E-state index in [0.29, 0.717) is 55.1 Å². The number of hydrogen-bond acceptors (Lipinski definition) is 5. The molecule has 12 heteroatoms. The molecule has 34 heavy (non-hydrogen) atoms. The number of alkyl halides is 3. The van der Waals surface area contributed by atoms with E-state index in [1.807, 2.05) is 0 Å². The number of aromatic amines is 1. The molecule has 2 aromatic heterocycles. The smallest absolute Gasteiger partial charge is 0.381 e. The number of halogens is 3. The number of pyridine rings is 1. The van der Waals surface area contributed by atoms with Crippen LogP contribution in [0.2, 0.25) is 0 Å². The Hall–Kier alpha value is -2.96. The van der Waals surface area contributed by atoms with Crippen molar-refractivity contribution >= 4 is 26.8 Å². The van der Waals surface area contributed by atoms with Crippen LogP contribution in [0.4, 0.5) is 13.2 Å². The maximum absolute atomic E-state index is 13.2. The van der Waals surface area contributed by atoms with Crippen molar-refractivity contribution in [3.05, 3.63) is 48.2 Å². The Morgan fingerprint density at radius 1 is 1.18 bits per heavy atom. The van der Waals surface area contributed by atoms with Crippen LogP contribution in [-0.2, 0) is 14.8 Å². The highest BCUT2D eigenvalue weighted by Gasteiger charge is 2.39. The number of H-pyrrole nitrogens is 1. The molecule has 0 saturated carbocycles. The zero-order valence-corrected chi connectivity index (χ0v) is 19.0. The molecule has 1 atom stereocenters. The zero-order valence-electron chi connectivity index (χ0n) is 18.1. The lowest BCUT2D eigenvalue weighted by Gasteiger charge is -2.23. The van der Waals surface area contributed by atoms with Gasteiger partial charge in [0.2, 0.25) is 10.0 Å². The van der Waals surface area contributed by atoms with Crippen molar-refractivity contribution < 1.29 is 31.1 Å². The first-order valence-electron chi connectivity index (χ1n) is 10.6. The Kier molecular flexibility index (Phi) is 6.65. The van der Waals surface area contributed by atoms with Crippen LogP contribution in [-0.4, -0.2) is 55.8 Å². The summed E-state index contributed by atoms with van der Waals surface area (Å²) in [6.07, 6.45) is -2.38. The minimum atomic E-state index is -4.72. The summed E-state index contributed by atoms with van der Waals surface area (Å²) < 4.78 is 69.9. The van der Waals surface area contributed by atoms with Crippen molar-refractivity contribution in [2.45, 2.75) is 42.9 Å². The van der Waals surface area contributed by atoms with Crippen molar-refractivity contribution in [3.63, 3.8) is 0 Å². The predicted molar refractivity (Wildman–Crippen MR) is 119 cm³/mol. The van der Waals surface area contributed by atoms with Crippen molar-refractivity contribution in [2.24, 2.45) is 0 Å². The van der Waals surface area contributed by atoms with Crippen molar-refractivity contribution in [3.8, 4) is 11.4 Å². The number of rotatable bonds is 6. The van der Waals surface area contributed by atoms with E-state index in [-0.39, 0.29) is 17.6 Å². The Labute approximate surface area is 194 Å². The third-order valence-corrected chi connectivity index (χ3v) is 7.14. The van der Waals surface area contributed by atoms with Gasteiger partial charge in [-0.05, 0) is 38.0 Å². The molecule has 0 unspecified atom stereocenters. The molecule has 0 spiro atoms. The summed E-state index contributed by atoms with van der Waals surface area (Å²) in [5.41, 5.74) is 1.70. The van der Waals surface area contributed by atoms with E-state index < -0.39 is 27.1 Å².